The highest BCUT2D eigenvalue weighted by Crippen LogP contribution is 2.43. The second-order valence-electron chi connectivity index (χ2n) is 4.73. The van der Waals surface area contributed by atoms with Crippen molar-refractivity contribution in [2.45, 2.75) is 24.8 Å². The number of halogens is 2. The van der Waals surface area contributed by atoms with Crippen molar-refractivity contribution in [2.75, 3.05) is 13.2 Å². The van der Waals surface area contributed by atoms with Crippen LogP contribution in [0.1, 0.15) is 18.4 Å². The maximum atomic E-state index is 14.0. The van der Waals surface area contributed by atoms with Gasteiger partial charge >= 0.3 is 0 Å². The number of fused-ring (bicyclic) bond motifs is 1. The van der Waals surface area contributed by atoms with Crippen LogP contribution in [0, 0.1) is 5.82 Å². The van der Waals surface area contributed by atoms with Crippen LogP contribution in [0.25, 0.3) is 0 Å². The lowest BCUT2D eigenvalue weighted by Gasteiger charge is -2.21. The number of ether oxygens (including phenoxy) is 2. The molecule has 3 rings (SSSR count). The number of rotatable bonds is 2. The molecule has 5 heteroatoms. The minimum absolute atomic E-state index is 0.00134. The molecule has 0 unspecified atom stereocenters. The highest BCUT2D eigenvalue weighted by atomic mass is 35.5. The Labute approximate surface area is 104 Å². The van der Waals surface area contributed by atoms with Crippen molar-refractivity contribution in [3.05, 3.63) is 22.5 Å². The smallest absolute Gasteiger partial charge is 0.182 e. The third kappa shape index (κ3) is 1.96. The summed E-state index contributed by atoms with van der Waals surface area (Å²) in [5.74, 6) is 0.385. The van der Waals surface area contributed by atoms with Crippen LogP contribution >= 0.6 is 11.6 Å². The second kappa shape index (κ2) is 3.75. The van der Waals surface area contributed by atoms with Gasteiger partial charge in [0.05, 0.1) is 0 Å². The normalized spacial score (nSPS) is 20.2. The molecular weight excluding hydrogens is 245 g/mol. The summed E-state index contributed by atoms with van der Waals surface area (Å²) >= 11 is 5.94. The van der Waals surface area contributed by atoms with E-state index in [1.807, 2.05) is 0 Å². The molecule has 0 atom stereocenters. The SMILES string of the molecule is NC1(Cc2cc3c(c(Cl)c2F)OCCO3)CC1. The Morgan fingerprint density at radius 2 is 2.06 bits per heavy atom. The fourth-order valence-electron chi connectivity index (χ4n) is 2.02. The van der Waals surface area contributed by atoms with E-state index in [1.54, 1.807) is 6.07 Å². The van der Waals surface area contributed by atoms with Crippen molar-refractivity contribution in [3.8, 4) is 11.5 Å². The summed E-state index contributed by atoms with van der Waals surface area (Å²) in [4.78, 5) is 0. The first-order valence-electron chi connectivity index (χ1n) is 5.64. The van der Waals surface area contributed by atoms with Crippen LogP contribution in [-0.2, 0) is 6.42 Å². The fraction of sp³-hybridized carbons (Fsp3) is 0.500. The van der Waals surface area contributed by atoms with Crippen molar-refractivity contribution in [2.24, 2.45) is 5.73 Å². The molecule has 1 aliphatic carbocycles. The molecule has 0 saturated heterocycles. The summed E-state index contributed by atoms with van der Waals surface area (Å²) in [5.41, 5.74) is 6.25. The van der Waals surface area contributed by atoms with Gasteiger partial charge in [-0.3, -0.25) is 0 Å². The predicted octanol–water partition coefficient (Wildman–Crippen LogP) is 2.28. The topological polar surface area (TPSA) is 44.5 Å². The van der Waals surface area contributed by atoms with E-state index in [1.165, 1.54) is 0 Å². The number of hydrogen-bond acceptors (Lipinski definition) is 3. The molecule has 2 N–H and O–H groups in total. The van der Waals surface area contributed by atoms with Crippen LogP contribution in [0.15, 0.2) is 6.07 Å². The van der Waals surface area contributed by atoms with E-state index in [4.69, 9.17) is 26.8 Å². The first-order valence-corrected chi connectivity index (χ1v) is 6.02. The third-order valence-electron chi connectivity index (χ3n) is 3.23. The molecule has 1 fully saturated rings. The van der Waals surface area contributed by atoms with Crippen molar-refractivity contribution < 1.29 is 13.9 Å². The van der Waals surface area contributed by atoms with Crippen molar-refractivity contribution in [1.82, 2.24) is 0 Å². The van der Waals surface area contributed by atoms with Crippen molar-refractivity contribution in [1.29, 1.82) is 0 Å². The zero-order chi connectivity index (χ0) is 12.0. The second-order valence-corrected chi connectivity index (χ2v) is 5.10. The van der Waals surface area contributed by atoms with Crippen LogP contribution in [0.4, 0.5) is 4.39 Å². The number of hydrogen-bond donors (Lipinski definition) is 1. The van der Waals surface area contributed by atoms with Gasteiger partial charge in [0.15, 0.2) is 11.5 Å². The van der Waals surface area contributed by atoms with Crippen LogP contribution in [-0.4, -0.2) is 18.8 Å². The Balaban J connectivity index is 2.01. The number of nitrogens with two attached hydrogens (primary N) is 1. The van der Waals surface area contributed by atoms with Crippen molar-refractivity contribution in [3.63, 3.8) is 0 Å². The molecule has 0 bridgehead atoms. The molecule has 3 nitrogen and oxygen atoms in total. The lowest BCUT2D eigenvalue weighted by Crippen LogP contribution is -2.25. The fourth-order valence-corrected chi connectivity index (χ4v) is 2.29. The Bertz CT molecular complexity index is 474. The van der Waals surface area contributed by atoms with Crippen LogP contribution in [0.5, 0.6) is 11.5 Å². The summed E-state index contributed by atoms with van der Waals surface area (Å²) in [6.07, 6.45) is 2.35. The molecule has 92 valence electrons. The Morgan fingerprint density at radius 3 is 2.76 bits per heavy atom. The average molecular weight is 258 g/mol. The minimum atomic E-state index is -0.437. The van der Waals surface area contributed by atoms with Gasteiger partial charge < -0.3 is 15.2 Å². The molecule has 0 spiro atoms. The molecule has 0 amide bonds. The maximum Gasteiger partial charge on any atom is 0.182 e. The monoisotopic (exact) mass is 257 g/mol. The zero-order valence-corrected chi connectivity index (χ0v) is 10.0. The van der Waals surface area contributed by atoms with Crippen molar-refractivity contribution >= 4 is 11.6 Å². The quantitative estimate of drug-likeness (QED) is 0.884. The molecule has 1 saturated carbocycles. The summed E-state index contributed by atoms with van der Waals surface area (Å²) in [5, 5.41) is 0.00134. The molecule has 1 aromatic carbocycles. The van der Waals surface area contributed by atoms with E-state index in [0.29, 0.717) is 36.7 Å². The highest BCUT2D eigenvalue weighted by molar-refractivity contribution is 6.32. The Kier molecular flexibility index (Phi) is 2.45. The van der Waals surface area contributed by atoms with Gasteiger partial charge in [-0.1, -0.05) is 11.6 Å². The summed E-state index contributed by atoms with van der Waals surface area (Å²) in [7, 11) is 0. The molecule has 0 radical (unpaired) electrons. The van der Waals surface area contributed by atoms with E-state index in [9.17, 15) is 4.39 Å². The average Bonchev–Trinajstić information content (AvgIpc) is 3.04. The first kappa shape index (κ1) is 11.1. The zero-order valence-electron chi connectivity index (χ0n) is 9.26. The molecule has 1 aliphatic heterocycles. The van der Waals surface area contributed by atoms with Crippen LogP contribution in [0.3, 0.4) is 0 Å². The van der Waals surface area contributed by atoms with E-state index in [-0.39, 0.29) is 10.6 Å². The van der Waals surface area contributed by atoms with Crippen LogP contribution < -0.4 is 15.2 Å². The summed E-state index contributed by atoms with van der Waals surface area (Å²) in [6, 6.07) is 1.66. The van der Waals surface area contributed by atoms with E-state index in [0.717, 1.165) is 12.8 Å². The minimum Gasteiger partial charge on any atom is -0.486 e. The molecular formula is C12H13ClFNO2. The van der Waals surface area contributed by atoms with Gasteiger partial charge in [-0.2, -0.15) is 0 Å². The highest BCUT2D eigenvalue weighted by Gasteiger charge is 2.39. The lowest BCUT2D eigenvalue weighted by molar-refractivity contribution is 0.170. The molecule has 0 aromatic heterocycles. The van der Waals surface area contributed by atoms with E-state index in [2.05, 4.69) is 0 Å². The predicted molar refractivity (Wildman–Crippen MR) is 62.3 cm³/mol. The van der Waals surface area contributed by atoms with Crippen LogP contribution in [0.2, 0.25) is 5.02 Å². The van der Waals surface area contributed by atoms with E-state index < -0.39 is 5.82 Å². The van der Waals surface area contributed by atoms with Gasteiger partial charge in [-0.25, -0.2) is 4.39 Å². The lowest BCUT2D eigenvalue weighted by atomic mass is 10.0. The Hall–Kier alpha value is -1.00. The molecule has 1 aromatic rings. The first-order chi connectivity index (χ1) is 8.09. The molecule has 1 heterocycles. The molecule has 2 aliphatic rings. The maximum absolute atomic E-state index is 14.0. The summed E-state index contributed by atoms with van der Waals surface area (Å²) < 4.78 is 24.8. The van der Waals surface area contributed by atoms with E-state index >= 15 is 0 Å². The molecule has 17 heavy (non-hydrogen) atoms. The van der Waals surface area contributed by atoms with Gasteiger partial charge in [-0.05, 0) is 30.9 Å². The number of benzene rings is 1. The largest absolute Gasteiger partial charge is 0.486 e. The standard InChI is InChI=1S/C12H13ClFNO2/c13-9-10(14)7(6-12(15)1-2-12)5-8-11(9)17-4-3-16-8/h5H,1-4,6,15H2. The van der Waals surface area contributed by atoms with Gasteiger partial charge in [0.1, 0.15) is 24.1 Å². The van der Waals surface area contributed by atoms with Gasteiger partial charge in [-0.15, -0.1) is 0 Å². The van der Waals surface area contributed by atoms with Gasteiger partial charge in [0.2, 0.25) is 0 Å². The summed E-state index contributed by atoms with van der Waals surface area (Å²) in [6.45, 7) is 0.856. The third-order valence-corrected chi connectivity index (χ3v) is 3.56. The van der Waals surface area contributed by atoms with Gasteiger partial charge in [0, 0.05) is 5.54 Å². The van der Waals surface area contributed by atoms with Gasteiger partial charge in [0.25, 0.3) is 0 Å². The Morgan fingerprint density at radius 1 is 1.35 bits per heavy atom.